The number of halogens is 1. The maximum absolute atomic E-state index is 6.45. The highest BCUT2D eigenvalue weighted by molar-refractivity contribution is 6.22. The summed E-state index contributed by atoms with van der Waals surface area (Å²) in [6.45, 7) is 5.95. The second-order valence-corrected chi connectivity index (χ2v) is 4.94. The molecule has 0 N–H and O–H groups in total. The number of furan rings is 1. The average Bonchev–Trinajstić information content (AvgIpc) is 2.74. The number of benzene rings is 1. The van der Waals surface area contributed by atoms with Crippen molar-refractivity contribution in [3.05, 3.63) is 52.5 Å². The zero-order chi connectivity index (χ0) is 13.3. The van der Waals surface area contributed by atoms with E-state index in [1.807, 2.05) is 45.0 Å². The lowest BCUT2D eigenvalue weighted by atomic mass is 10.0. The number of alkyl halides is 1. The van der Waals surface area contributed by atoms with Crippen molar-refractivity contribution < 1.29 is 9.15 Å². The first-order chi connectivity index (χ1) is 8.52. The van der Waals surface area contributed by atoms with E-state index >= 15 is 0 Å². The lowest BCUT2D eigenvalue weighted by Gasteiger charge is -2.13. The van der Waals surface area contributed by atoms with Crippen molar-refractivity contribution in [3.8, 4) is 5.75 Å². The topological polar surface area (TPSA) is 22.4 Å². The van der Waals surface area contributed by atoms with E-state index in [0.29, 0.717) is 0 Å². The molecular formula is C15H17ClO2. The van der Waals surface area contributed by atoms with Crippen LogP contribution in [0.5, 0.6) is 5.75 Å². The third-order valence-electron chi connectivity index (χ3n) is 2.99. The van der Waals surface area contributed by atoms with E-state index < -0.39 is 0 Å². The SMILES string of the molecule is COc1c(C)cc(C(Cl)c2ccc(C)o2)cc1C. The number of hydrogen-bond acceptors (Lipinski definition) is 2. The summed E-state index contributed by atoms with van der Waals surface area (Å²) in [5.74, 6) is 2.56. The Morgan fingerprint density at radius 3 is 2.17 bits per heavy atom. The zero-order valence-electron chi connectivity index (χ0n) is 11.1. The Kier molecular flexibility index (Phi) is 3.67. The minimum Gasteiger partial charge on any atom is -0.496 e. The van der Waals surface area contributed by atoms with Gasteiger partial charge in [0, 0.05) is 0 Å². The van der Waals surface area contributed by atoms with Crippen LogP contribution in [0.3, 0.4) is 0 Å². The molecule has 0 spiro atoms. The van der Waals surface area contributed by atoms with Gasteiger partial charge in [0.25, 0.3) is 0 Å². The van der Waals surface area contributed by atoms with E-state index in [1.54, 1.807) is 7.11 Å². The summed E-state index contributed by atoms with van der Waals surface area (Å²) in [6.07, 6.45) is 0. The number of aryl methyl sites for hydroxylation is 3. The molecule has 0 saturated carbocycles. The smallest absolute Gasteiger partial charge is 0.126 e. The fourth-order valence-corrected chi connectivity index (χ4v) is 2.45. The van der Waals surface area contributed by atoms with Crippen molar-refractivity contribution in [2.24, 2.45) is 0 Å². The van der Waals surface area contributed by atoms with Gasteiger partial charge < -0.3 is 9.15 Å². The van der Waals surface area contributed by atoms with E-state index in [1.165, 1.54) is 0 Å². The summed E-state index contributed by atoms with van der Waals surface area (Å²) < 4.78 is 10.9. The first-order valence-electron chi connectivity index (χ1n) is 5.88. The molecule has 18 heavy (non-hydrogen) atoms. The van der Waals surface area contributed by atoms with Gasteiger partial charge in [0.1, 0.15) is 22.6 Å². The Morgan fingerprint density at radius 1 is 1.11 bits per heavy atom. The predicted molar refractivity (Wildman–Crippen MR) is 73.6 cm³/mol. The minimum absolute atomic E-state index is 0.262. The standard InChI is InChI=1S/C15H17ClO2/c1-9-7-12(8-10(2)15(9)17-4)14(16)13-6-5-11(3)18-13/h5-8,14H,1-4H3. The molecule has 1 heterocycles. The summed E-state index contributed by atoms with van der Waals surface area (Å²) in [7, 11) is 1.68. The van der Waals surface area contributed by atoms with Crippen LogP contribution in [0.25, 0.3) is 0 Å². The van der Waals surface area contributed by atoms with Crippen LogP contribution in [0.4, 0.5) is 0 Å². The van der Waals surface area contributed by atoms with Crippen LogP contribution in [0.1, 0.15) is 33.6 Å². The number of methoxy groups -OCH3 is 1. The van der Waals surface area contributed by atoms with Crippen molar-refractivity contribution in [1.82, 2.24) is 0 Å². The van der Waals surface area contributed by atoms with Gasteiger partial charge in [-0.1, -0.05) is 12.1 Å². The number of ether oxygens (including phenoxy) is 1. The van der Waals surface area contributed by atoms with Crippen molar-refractivity contribution >= 4 is 11.6 Å². The Bertz CT molecular complexity index is 534. The third-order valence-corrected chi connectivity index (χ3v) is 3.46. The fraction of sp³-hybridized carbons (Fsp3) is 0.333. The summed E-state index contributed by atoms with van der Waals surface area (Å²) in [5, 5.41) is -0.262. The Hall–Kier alpha value is -1.41. The van der Waals surface area contributed by atoms with E-state index in [4.69, 9.17) is 20.8 Å². The summed E-state index contributed by atoms with van der Waals surface area (Å²) in [4.78, 5) is 0. The summed E-state index contributed by atoms with van der Waals surface area (Å²) >= 11 is 6.45. The normalized spacial score (nSPS) is 12.5. The molecule has 0 saturated heterocycles. The zero-order valence-corrected chi connectivity index (χ0v) is 11.8. The first kappa shape index (κ1) is 13.0. The molecule has 0 bridgehead atoms. The molecule has 0 aliphatic rings. The number of hydrogen-bond donors (Lipinski definition) is 0. The molecule has 3 heteroatoms. The molecule has 2 aromatic rings. The van der Waals surface area contributed by atoms with E-state index in [2.05, 4.69) is 0 Å². The van der Waals surface area contributed by atoms with Gasteiger partial charge in [0.05, 0.1) is 7.11 Å². The van der Waals surface area contributed by atoms with Crippen LogP contribution in [-0.2, 0) is 0 Å². The van der Waals surface area contributed by atoms with Crippen LogP contribution >= 0.6 is 11.6 Å². The van der Waals surface area contributed by atoms with E-state index in [0.717, 1.165) is 34.0 Å². The van der Waals surface area contributed by atoms with Crippen LogP contribution in [0.15, 0.2) is 28.7 Å². The second-order valence-electron chi connectivity index (χ2n) is 4.50. The van der Waals surface area contributed by atoms with Crippen LogP contribution in [0.2, 0.25) is 0 Å². The van der Waals surface area contributed by atoms with Crippen LogP contribution < -0.4 is 4.74 Å². The quantitative estimate of drug-likeness (QED) is 0.760. The molecule has 96 valence electrons. The van der Waals surface area contributed by atoms with E-state index in [-0.39, 0.29) is 5.38 Å². The molecule has 1 aromatic carbocycles. The van der Waals surface area contributed by atoms with Crippen molar-refractivity contribution in [3.63, 3.8) is 0 Å². The van der Waals surface area contributed by atoms with Gasteiger partial charge in [-0.3, -0.25) is 0 Å². The highest BCUT2D eigenvalue weighted by atomic mass is 35.5. The molecule has 1 aromatic heterocycles. The lowest BCUT2D eigenvalue weighted by Crippen LogP contribution is -1.97. The van der Waals surface area contributed by atoms with Crippen LogP contribution in [-0.4, -0.2) is 7.11 Å². The van der Waals surface area contributed by atoms with Gasteiger partial charge >= 0.3 is 0 Å². The van der Waals surface area contributed by atoms with Gasteiger partial charge in [-0.25, -0.2) is 0 Å². The van der Waals surface area contributed by atoms with Gasteiger partial charge in [0.2, 0.25) is 0 Å². The molecule has 0 amide bonds. The average molecular weight is 265 g/mol. The first-order valence-corrected chi connectivity index (χ1v) is 6.32. The van der Waals surface area contributed by atoms with Crippen molar-refractivity contribution in [2.45, 2.75) is 26.1 Å². The Morgan fingerprint density at radius 2 is 1.72 bits per heavy atom. The summed E-state index contributed by atoms with van der Waals surface area (Å²) in [6, 6.07) is 7.93. The van der Waals surface area contributed by atoms with Gasteiger partial charge in [-0.15, -0.1) is 11.6 Å². The maximum Gasteiger partial charge on any atom is 0.126 e. The highest BCUT2D eigenvalue weighted by Gasteiger charge is 2.17. The maximum atomic E-state index is 6.45. The van der Waals surface area contributed by atoms with Crippen molar-refractivity contribution in [2.75, 3.05) is 7.11 Å². The number of rotatable bonds is 3. The molecule has 1 atom stereocenters. The lowest BCUT2D eigenvalue weighted by molar-refractivity contribution is 0.408. The van der Waals surface area contributed by atoms with E-state index in [9.17, 15) is 0 Å². The monoisotopic (exact) mass is 264 g/mol. The Labute approximate surface area is 113 Å². The molecular weight excluding hydrogens is 248 g/mol. The molecule has 2 nitrogen and oxygen atoms in total. The fourth-order valence-electron chi connectivity index (χ4n) is 2.21. The summed E-state index contributed by atoms with van der Waals surface area (Å²) in [5.41, 5.74) is 3.20. The van der Waals surface area contributed by atoms with Crippen LogP contribution in [0, 0.1) is 20.8 Å². The van der Waals surface area contributed by atoms with Gasteiger partial charge in [0.15, 0.2) is 0 Å². The Balaban J connectivity index is 2.40. The molecule has 0 fully saturated rings. The third kappa shape index (κ3) is 2.39. The molecule has 2 rings (SSSR count). The van der Waals surface area contributed by atoms with Gasteiger partial charge in [-0.05, 0) is 49.6 Å². The van der Waals surface area contributed by atoms with Crippen molar-refractivity contribution in [1.29, 1.82) is 0 Å². The molecule has 0 radical (unpaired) electrons. The minimum atomic E-state index is -0.262. The molecule has 1 unspecified atom stereocenters. The predicted octanol–water partition coefficient (Wildman–Crippen LogP) is 4.54. The molecule has 0 aliphatic heterocycles. The molecule has 0 aliphatic carbocycles. The van der Waals surface area contributed by atoms with Gasteiger partial charge in [-0.2, -0.15) is 0 Å². The second kappa shape index (κ2) is 5.07. The highest BCUT2D eigenvalue weighted by Crippen LogP contribution is 2.34. The largest absolute Gasteiger partial charge is 0.496 e.